The molecule has 0 unspecified atom stereocenters. The second-order valence-electron chi connectivity index (χ2n) is 2.67. The third-order valence-corrected chi connectivity index (χ3v) is 1.64. The summed E-state index contributed by atoms with van der Waals surface area (Å²) in [6.07, 6.45) is 1.40. The Labute approximate surface area is 78.2 Å². The van der Waals surface area contributed by atoms with E-state index in [1.807, 2.05) is 25.1 Å². The lowest BCUT2D eigenvalue weighted by Crippen LogP contribution is -2.11. The summed E-state index contributed by atoms with van der Waals surface area (Å²) in [5, 5.41) is 2.99. The third kappa shape index (κ3) is 2.49. The van der Waals surface area contributed by atoms with Crippen LogP contribution in [0.5, 0.6) is 5.75 Å². The molecule has 1 rings (SSSR count). The average molecular weight is 178 g/mol. The summed E-state index contributed by atoms with van der Waals surface area (Å²) in [4.78, 5) is 0. The van der Waals surface area contributed by atoms with Crippen LogP contribution in [0, 0.1) is 6.92 Å². The minimum Gasteiger partial charge on any atom is -0.463 e. The van der Waals surface area contributed by atoms with Gasteiger partial charge in [-0.1, -0.05) is 12.6 Å². The van der Waals surface area contributed by atoms with Crippen molar-refractivity contribution in [3.8, 4) is 5.75 Å². The van der Waals surface area contributed by atoms with E-state index in [1.165, 1.54) is 6.26 Å². The molecule has 0 saturated heterocycles. The average Bonchev–Trinajstić information content (AvgIpc) is 2.10. The van der Waals surface area contributed by atoms with Gasteiger partial charge in [0.2, 0.25) is 0 Å². The van der Waals surface area contributed by atoms with Gasteiger partial charge in [0.25, 0.3) is 0 Å². The lowest BCUT2D eigenvalue weighted by molar-refractivity contribution is 0.485. The standard InChI is InChI=1S/C10H14N2O/c1-3-13-10-6-8(2)4-5-9(10)12-7-11/h3-6,12H,1,7,11H2,2H3. The van der Waals surface area contributed by atoms with Crippen molar-refractivity contribution in [1.29, 1.82) is 0 Å². The van der Waals surface area contributed by atoms with E-state index in [-0.39, 0.29) is 0 Å². The molecule has 0 atom stereocenters. The molecule has 0 aliphatic carbocycles. The highest BCUT2D eigenvalue weighted by atomic mass is 16.5. The lowest BCUT2D eigenvalue weighted by atomic mass is 10.2. The van der Waals surface area contributed by atoms with E-state index in [0.29, 0.717) is 6.67 Å². The fourth-order valence-corrected chi connectivity index (χ4v) is 1.07. The highest BCUT2D eigenvalue weighted by molar-refractivity contribution is 5.57. The number of nitrogens with two attached hydrogens (primary N) is 1. The molecule has 3 nitrogen and oxygen atoms in total. The summed E-state index contributed by atoms with van der Waals surface area (Å²) in [5.74, 6) is 0.750. The van der Waals surface area contributed by atoms with Crippen molar-refractivity contribution in [3.05, 3.63) is 36.6 Å². The summed E-state index contributed by atoms with van der Waals surface area (Å²) in [5.41, 5.74) is 7.39. The van der Waals surface area contributed by atoms with E-state index < -0.39 is 0 Å². The summed E-state index contributed by atoms with van der Waals surface area (Å²) in [6, 6.07) is 5.86. The first kappa shape index (κ1) is 9.61. The van der Waals surface area contributed by atoms with Gasteiger partial charge in [-0.25, -0.2) is 0 Å². The Kier molecular flexibility index (Phi) is 3.34. The maximum atomic E-state index is 5.37. The number of rotatable bonds is 4. The van der Waals surface area contributed by atoms with Crippen LogP contribution in [0.15, 0.2) is 31.0 Å². The van der Waals surface area contributed by atoms with Crippen LogP contribution in [-0.2, 0) is 0 Å². The van der Waals surface area contributed by atoms with Gasteiger partial charge in [0.15, 0.2) is 0 Å². The molecule has 0 aromatic heterocycles. The van der Waals surface area contributed by atoms with Gasteiger partial charge in [0.1, 0.15) is 5.75 Å². The Hall–Kier alpha value is -1.48. The van der Waals surface area contributed by atoms with Crippen LogP contribution in [0.1, 0.15) is 5.56 Å². The molecule has 1 aromatic carbocycles. The van der Waals surface area contributed by atoms with Crippen LogP contribution < -0.4 is 15.8 Å². The number of aryl methyl sites for hydroxylation is 1. The van der Waals surface area contributed by atoms with E-state index in [2.05, 4.69) is 11.9 Å². The minimum atomic E-state index is 0.385. The highest BCUT2D eigenvalue weighted by Gasteiger charge is 2.00. The summed E-state index contributed by atoms with van der Waals surface area (Å²) >= 11 is 0. The zero-order valence-corrected chi connectivity index (χ0v) is 7.71. The van der Waals surface area contributed by atoms with Crippen molar-refractivity contribution >= 4 is 5.69 Å². The molecule has 0 bridgehead atoms. The van der Waals surface area contributed by atoms with E-state index in [9.17, 15) is 0 Å². The van der Waals surface area contributed by atoms with Gasteiger partial charge < -0.3 is 15.8 Å². The van der Waals surface area contributed by atoms with E-state index in [1.54, 1.807) is 0 Å². The fraction of sp³-hybridized carbons (Fsp3) is 0.200. The van der Waals surface area contributed by atoms with Crippen molar-refractivity contribution in [2.24, 2.45) is 5.73 Å². The van der Waals surface area contributed by atoms with Gasteiger partial charge in [0.05, 0.1) is 18.6 Å². The Bertz CT molecular complexity index is 297. The second-order valence-corrected chi connectivity index (χ2v) is 2.67. The second kappa shape index (κ2) is 4.52. The van der Waals surface area contributed by atoms with Gasteiger partial charge in [0, 0.05) is 0 Å². The minimum absolute atomic E-state index is 0.385. The number of hydrogen-bond donors (Lipinski definition) is 2. The number of hydrogen-bond acceptors (Lipinski definition) is 3. The third-order valence-electron chi connectivity index (χ3n) is 1.64. The molecule has 0 aliphatic heterocycles. The van der Waals surface area contributed by atoms with Gasteiger partial charge in [-0.05, 0) is 24.6 Å². The van der Waals surface area contributed by atoms with Crippen molar-refractivity contribution in [3.63, 3.8) is 0 Å². The molecule has 0 amide bonds. The fourth-order valence-electron chi connectivity index (χ4n) is 1.07. The van der Waals surface area contributed by atoms with Crippen LogP contribution in [0.3, 0.4) is 0 Å². The highest BCUT2D eigenvalue weighted by Crippen LogP contribution is 2.25. The number of benzene rings is 1. The van der Waals surface area contributed by atoms with E-state index >= 15 is 0 Å². The van der Waals surface area contributed by atoms with Crippen LogP contribution in [0.2, 0.25) is 0 Å². The quantitative estimate of drug-likeness (QED) is 0.546. The normalized spacial score (nSPS) is 9.38. The van der Waals surface area contributed by atoms with E-state index in [4.69, 9.17) is 10.5 Å². The zero-order chi connectivity index (χ0) is 9.68. The van der Waals surface area contributed by atoms with Crippen LogP contribution in [0.25, 0.3) is 0 Å². The van der Waals surface area contributed by atoms with Crippen molar-refractivity contribution in [1.82, 2.24) is 0 Å². The van der Waals surface area contributed by atoms with Gasteiger partial charge in [-0.3, -0.25) is 0 Å². The Morgan fingerprint density at radius 2 is 2.38 bits per heavy atom. The zero-order valence-electron chi connectivity index (χ0n) is 7.71. The number of nitrogens with one attached hydrogen (secondary N) is 1. The molecule has 0 radical (unpaired) electrons. The maximum Gasteiger partial charge on any atom is 0.149 e. The molecule has 0 heterocycles. The molecule has 1 aromatic rings. The summed E-state index contributed by atoms with van der Waals surface area (Å²) in [6.45, 7) is 5.89. The monoisotopic (exact) mass is 178 g/mol. The smallest absolute Gasteiger partial charge is 0.149 e. The molecule has 0 fully saturated rings. The maximum absolute atomic E-state index is 5.37. The lowest BCUT2D eigenvalue weighted by Gasteiger charge is -2.09. The summed E-state index contributed by atoms with van der Waals surface area (Å²) < 4.78 is 5.22. The first-order valence-electron chi connectivity index (χ1n) is 4.10. The van der Waals surface area contributed by atoms with Crippen LogP contribution in [0.4, 0.5) is 5.69 Å². The molecule has 3 heteroatoms. The van der Waals surface area contributed by atoms with Crippen LogP contribution >= 0.6 is 0 Å². The first-order chi connectivity index (χ1) is 6.27. The first-order valence-corrected chi connectivity index (χ1v) is 4.10. The van der Waals surface area contributed by atoms with Crippen molar-refractivity contribution < 1.29 is 4.74 Å². The van der Waals surface area contributed by atoms with Gasteiger partial charge in [-0.2, -0.15) is 0 Å². The van der Waals surface area contributed by atoms with Crippen LogP contribution in [-0.4, -0.2) is 6.67 Å². The predicted molar refractivity (Wildman–Crippen MR) is 54.7 cm³/mol. The molecule has 70 valence electrons. The SMILES string of the molecule is C=COc1cc(C)ccc1NCN. The van der Waals surface area contributed by atoms with Gasteiger partial charge >= 0.3 is 0 Å². The van der Waals surface area contributed by atoms with E-state index in [0.717, 1.165) is 17.0 Å². The molecule has 13 heavy (non-hydrogen) atoms. The van der Waals surface area contributed by atoms with Crippen molar-refractivity contribution in [2.45, 2.75) is 6.92 Å². The molecule has 0 aliphatic rings. The Morgan fingerprint density at radius 3 is 3.00 bits per heavy atom. The molecular formula is C10H14N2O. The number of anilines is 1. The predicted octanol–water partition coefficient (Wildman–Crippen LogP) is 1.85. The molecular weight excluding hydrogens is 164 g/mol. The number of ether oxygens (including phenoxy) is 1. The largest absolute Gasteiger partial charge is 0.463 e. The topological polar surface area (TPSA) is 47.3 Å². The molecule has 0 saturated carbocycles. The summed E-state index contributed by atoms with van der Waals surface area (Å²) in [7, 11) is 0. The Morgan fingerprint density at radius 1 is 1.62 bits per heavy atom. The molecule has 0 spiro atoms. The van der Waals surface area contributed by atoms with Gasteiger partial charge in [-0.15, -0.1) is 0 Å². The van der Waals surface area contributed by atoms with Crippen molar-refractivity contribution in [2.75, 3.05) is 12.0 Å². The molecule has 3 N–H and O–H groups in total. The Balaban J connectivity index is 2.95.